The van der Waals surface area contributed by atoms with Crippen molar-refractivity contribution < 1.29 is 13.9 Å². The van der Waals surface area contributed by atoms with E-state index in [2.05, 4.69) is 39.1 Å². The van der Waals surface area contributed by atoms with Crippen LogP contribution >= 0.6 is 0 Å². The quantitative estimate of drug-likeness (QED) is 0.631. The van der Waals surface area contributed by atoms with Crippen molar-refractivity contribution in [3.8, 4) is 17.4 Å². The molecule has 2 unspecified atom stereocenters. The van der Waals surface area contributed by atoms with Gasteiger partial charge in [-0.15, -0.1) is 0 Å². The molecular weight excluding hydrogens is 408 g/mol. The van der Waals surface area contributed by atoms with Gasteiger partial charge in [0.2, 0.25) is 5.91 Å². The summed E-state index contributed by atoms with van der Waals surface area (Å²) in [4.78, 5) is 24.1. The lowest BCUT2D eigenvalue weighted by Gasteiger charge is -2.35. The number of morpholine rings is 1. The Kier molecular flexibility index (Phi) is 6.38. The number of hydrogen-bond donors (Lipinski definition) is 1. The highest BCUT2D eigenvalue weighted by atomic mass is 16.5. The molecule has 1 amide bonds. The maximum Gasteiger partial charge on any atom is 0.226 e. The summed E-state index contributed by atoms with van der Waals surface area (Å²) in [7, 11) is 0. The Morgan fingerprint density at radius 3 is 2.50 bits per heavy atom. The molecule has 1 aliphatic heterocycles. The van der Waals surface area contributed by atoms with Crippen molar-refractivity contribution in [3.63, 3.8) is 0 Å². The van der Waals surface area contributed by atoms with Crippen molar-refractivity contribution in [3.05, 3.63) is 41.4 Å². The summed E-state index contributed by atoms with van der Waals surface area (Å²) in [6, 6.07) is 7.39. The van der Waals surface area contributed by atoms with Crippen molar-refractivity contribution in [2.24, 2.45) is 0 Å². The van der Waals surface area contributed by atoms with Gasteiger partial charge in [-0.2, -0.15) is 5.10 Å². The maximum absolute atomic E-state index is 12.7. The minimum Gasteiger partial charge on any atom is -0.458 e. The van der Waals surface area contributed by atoms with Crippen molar-refractivity contribution in [2.45, 2.75) is 53.2 Å². The van der Waals surface area contributed by atoms with Crippen LogP contribution in [-0.4, -0.2) is 62.4 Å². The molecule has 2 atom stereocenters. The highest BCUT2D eigenvalue weighted by Gasteiger charge is 2.22. The zero-order valence-electron chi connectivity index (χ0n) is 19.3. The van der Waals surface area contributed by atoms with Crippen molar-refractivity contribution in [2.75, 3.05) is 25.0 Å². The van der Waals surface area contributed by atoms with E-state index in [1.165, 1.54) is 0 Å². The Bertz CT molecular complexity index is 1100. The number of aryl methyl sites for hydroxylation is 3. The Labute approximate surface area is 187 Å². The summed E-state index contributed by atoms with van der Waals surface area (Å²) in [6.07, 6.45) is 0.714. The summed E-state index contributed by atoms with van der Waals surface area (Å²) >= 11 is 0. The second kappa shape index (κ2) is 9.22. The maximum atomic E-state index is 12.7. The van der Waals surface area contributed by atoms with Gasteiger partial charge in [-0.3, -0.25) is 9.69 Å². The molecule has 3 aromatic heterocycles. The number of carbonyl (C=O) groups excluding carboxylic acids is 1. The fraction of sp³-hybridized carbons (Fsp3) is 0.478. The van der Waals surface area contributed by atoms with Gasteiger partial charge < -0.3 is 14.5 Å². The van der Waals surface area contributed by atoms with E-state index in [1.807, 2.05) is 39.0 Å². The molecule has 0 spiro atoms. The highest BCUT2D eigenvalue weighted by molar-refractivity contribution is 5.90. The highest BCUT2D eigenvalue weighted by Crippen LogP contribution is 2.23. The van der Waals surface area contributed by atoms with Crippen LogP contribution in [0.3, 0.4) is 0 Å². The molecular formula is C23H30N6O3. The first-order chi connectivity index (χ1) is 15.3. The van der Waals surface area contributed by atoms with Gasteiger partial charge in [-0.05, 0) is 52.8 Å². The predicted molar refractivity (Wildman–Crippen MR) is 121 cm³/mol. The van der Waals surface area contributed by atoms with Crippen LogP contribution in [0.15, 0.2) is 28.7 Å². The van der Waals surface area contributed by atoms with Crippen LogP contribution in [0.4, 0.5) is 5.82 Å². The molecule has 9 heteroatoms. The van der Waals surface area contributed by atoms with Crippen molar-refractivity contribution in [1.82, 2.24) is 24.6 Å². The molecule has 9 nitrogen and oxygen atoms in total. The van der Waals surface area contributed by atoms with E-state index >= 15 is 0 Å². The van der Waals surface area contributed by atoms with Gasteiger partial charge in [-0.25, -0.2) is 14.6 Å². The van der Waals surface area contributed by atoms with Gasteiger partial charge in [0.1, 0.15) is 11.6 Å². The van der Waals surface area contributed by atoms with Crippen LogP contribution in [0.1, 0.15) is 37.4 Å². The Morgan fingerprint density at radius 1 is 1.12 bits per heavy atom. The molecule has 1 fully saturated rings. The van der Waals surface area contributed by atoms with Crippen LogP contribution in [0.2, 0.25) is 0 Å². The van der Waals surface area contributed by atoms with Gasteiger partial charge in [0.15, 0.2) is 17.4 Å². The van der Waals surface area contributed by atoms with Gasteiger partial charge in [0.05, 0.1) is 17.9 Å². The Morgan fingerprint density at radius 2 is 1.88 bits per heavy atom. The lowest BCUT2D eigenvalue weighted by Crippen LogP contribution is -2.46. The van der Waals surface area contributed by atoms with Crippen LogP contribution in [0.25, 0.3) is 17.4 Å². The Hall–Kier alpha value is -3.04. The van der Waals surface area contributed by atoms with Gasteiger partial charge in [0, 0.05) is 37.8 Å². The molecule has 1 saturated heterocycles. The minimum atomic E-state index is -0.101. The lowest BCUT2D eigenvalue weighted by atomic mass is 10.2. The number of furan rings is 1. The average Bonchev–Trinajstić information content (AvgIpc) is 3.30. The fourth-order valence-corrected chi connectivity index (χ4v) is 4.06. The van der Waals surface area contributed by atoms with E-state index in [-0.39, 0.29) is 18.1 Å². The molecule has 0 aliphatic carbocycles. The lowest BCUT2D eigenvalue weighted by molar-refractivity contribution is -0.117. The minimum absolute atomic E-state index is 0.101. The number of aromatic nitrogens is 4. The van der Waals surface area contributed by atoms with E-state index < -0.39 is 0 Å². The van der Waals surface area contributed by atoms with E-state index in [0.717, 1.165) is 30.2 Å². The molecule has 4 rings (SSSR count). The van der Waals surface area contributed by atoms with Gasteiger partial charge in [0.25, 0.3) is 0 Å². The largest absolute Gasteiger partial charge is 0.458 e. The molecule has 170 valence electrons. The second-order valence-corrected chi connectivity index (χ2v) is 8.50. The zero-order valence-corrected chi connectivity index (χ0v) is 19.3. The topological polar surface area (TPSA) is 98.3 Å². The van der Waals surface area contributed by atoms with E-state index in [4.69, 9.17) is 9.15 Å². The third kappa shape index (κ3) is 5.23. The SMILES string of the molecule is Cc1cc(C)n(-c2cc(NC(=O)CCN3CC(C)OC(C)C3)nc(-c3ccc(C)o3)n2)n1. The number of anilines is 1. The van der Waals surface area contributed by atoms with Gasteiger partial charge >= 0.3 is 0 Å². The van der Waals surface area contributed by atoms with E-state index in [1.54, 1.807) is 10.7 Å². The number of carbonyl (C=O) groups is 1. The molecule has 0 aromatic carbocycles. The van der Waals surface area contributed by atoms with Crippen LogP contribution in [0, 0.1) is 20.8 Å². The second-order valence-electron chi connectivity index (χ2n) is 8.50. The standard InChI is InChI=1S/C23H30N6O3/c1-14-10-15(2)29(27-14)21-11-20(25-23(26-21)19-7-6-16(3)32-19)24-22(30)8-9-28-12-17(4)31-18(5)13-28/h6-7,10-11,17-18H,8-9,12-13H2,1-5H3,(H,24,25,26,30). The Balaban J connectivity index is 1.54. The number of amides is 1. The number of nitrogens with one attached hydrogen (secondary N) is 1. The molecule has 4 heterocycles. The molecule has 1 N–H and O–H groups in total. The monoisotopic (exact) mass is 438 g/mol. The third-order valence-corrected chi connectivity index (χ3v) is 5.32. The first-order valence-corrected chi connectivity index (χ1v) is 10.9. The number of rotatable bonds is 6. The molecule has 3 aromatic rings. The van der Waals surface area contributed by atoms with Gasteiger partial charge in [-0.1, -0.05) is 0 Å². The van der Waals surface area contributed by atoms with Crippen molar-refractivity contribution in [1.29, 1.82) is 0 Å². The van der Waals surface area contributed by atoms with Crippen molar-refractivity contribution >= 4 is 11.7 Å². The smallest absolute Gasteiger partial charge is 0.226 e. The molecule has 32 heavy (non-hydrogen) atoms. The summed E-state index contributed by atoms with van der Waals surface area (Å²) in [5.41, 5.74) is 1.83. The molecule has 0 saturated carbocycles. The van der Waals surface area contributed by atoms with E-state index in [9.17, 15) is 4.79 Å². The first kappa shape index (κ1) is 22.2. The average molecular weight is 439 g/mol. The molecule has 1 aliphatic rings. The summed E-state index contributed by atoms with van der Waals surface area (Å²) in [5, 5.41) is 7.44. The number of hydrogen-bond acceptors (Lipinski definition) is 7. The summed E-state index contributed by atoms with van der Waals surface area (Å²) < 4.78 is 13.2. The normalized spacial score (nSPS) is 19.3. The summed E-state index contributed by atoms with van der Waals surface area (Å²) in [6.45, 7) is 12.2. The number of ether oxygens (including phenoxy) is 1. The van der Waals surface area contributed by atoms with Crippen LogP contribution < -0.4 is 5.32 Å². The van der Waals surface area contributed by atoms with Crippen LogP contribution in [-0.2, 0) is 9.53 Å². The van der Waals surface area contributed by atoms with E-state index in [0.29, 0.717) is 36.2 Å². The van der Waals surface area contributed by atoms with Crippen LogP contribution in [0.5, 0.6) is 0 Å². The molecule has 0 radical (unpaired) electrons. The number of nitrogens with zero attached hydrogens (tertiary/aromatic N) is 5. The first-order valence-electron chi connectivity index (χ1n) is 10.9. The molecule has 0 bridgehead atoms. The predicted octanol–water partition coefficient (Wildman–Crippen LogP) is 3.29. The fourth-order valence-electron chi connectivity index (χ4n) is 4.06. The zero-order chi connectivity index (χ0) is 22.8. The summed E-state index contributed by atoms with van der Waals surface area (Å²) in [5.74, 6) is 2.59. The third-order valence-electron chi connectivity index (χ3n) is 5.32.